The molecule has 0 saturated heterocycles. The summed E-state index contributed by atoms with van der Waals surface area (Å²) in [4.78, 5) is 28.1. The van der Waals surface area contributed by atoms with E-state index in [1.54, 1.807) is 49.4 Å². The van der Waals surface area contributed by atoms with Crippen LogP contribution in [-0.2, 0) is 26.2 Å². The number of carbonyl (C=O) groups is 2. The van der Waals surface area contributed by atoms with E-state index in [0.717, 1.165) is 10.6 Å². The molecule has 0 spiro atoms. The largest absolute Gasteiger partial charge is 0.354 e. The molecule has 0 aliphatic carbocycles. The van der Waals surface area contributed by atoms with Crippen LogP contribution in [0.1, 0.15) is 32.8 Å². The normalized spacial score (nSPS) is 12.3. The molecule has 2 rings (SSSR count). The summed E-state index contributed by atoms with van der Waals surface area (Å²) in [5.41, 5.74) is 0.921. The Labute approximate surface area is 225 Å². The number of anilines is 1. The highest BCUT2D eigenvalue weighted by Crippen LogP contribution is 2.26. The van der Waals surface area contributed by atoms with Crippen LogP contribution in [0.15, 0.2) is 46.9 Å². The highest BCUT2D eigenvalue weighted by atomic mass is 79.9. The van der Waals surface area contributed by atoms with E-state index >= 15 is 0 Å². The molecule has 2 aromatic carbocycles. The second kappa shape index (κ2) is 12.9. The summed E-state index contributed by atoms with van der Waals surface area (Å²) in [5.74, 6) is -0.621. The van der Waals surface area contributed by atoms with Gasteiger partial charge in [0, 0.05) is 27.6 Å². The van der Waals surface area contributed by atoms with Gasteiger partial charge < -0.3 is 10.2 Å². The number of nitrogens with one attached hydrogen (secondary N) is 1. The van der Waals surface area contributed by atoms with E-state index in [4.69, 9.17) is 23.2 Å². The molecule has 2 amide bonds. The van der Waals surface area contributed by atoms with Crippen LogP contribution in [0.3, 0.4) is 0 Å². The molecule has 2 aromatic rings. The van der Waals surface area contributed by atoms with E-state index in [0.29, 0.717) is 38.7 Å². The minimum absolute atomic E-state index is 0.0124. The highest BCUT2D eigenvalue weighted by Gasteiger charge is 2.32. The summed E-state index contributed by atoms with van der Waals surface area (Å²) < 4.78 is 26.9. The summed E-state index contributed by atoms with van der Waals surface area (Å²) in [7, 11) is -3.80. The van der Waals surface area contributed by atoms with Crippen molar-refractivity contribution in [3.63, 3.8) is 0 Å². The number of nitrogens with zero attached hydrogens (tertiary/aromatic N) is 2. The topological polar surface area (TPSA) is 86.8 Å². The van der Waals surface area contributed by atoms with Gasteiger partial charge in [-0.25, -0.2) is 8.42 Å². The molecule has 0 bridgehead atoms. The minimum Gasteiger partial charge on any atom is -0.354 e. The average molecular weight is 607 g/mol. The number of halogens is 3. The molecular formula is C24H30BrCl2N3O4S. The molecule has 0 saturated carbocycles. The third kappa shape index (κ3) is 8.66. The Morgan fingerprint density at radius 2 is 1.80 bits per heavy atom. The Balaban J connectivity index is 2.46. The van der Waals surface area contributed by atoms with Gasteiger partial charge in [-0.2, -0.15) is 0 Å². The Morgan fingerprint density at radius 3 is 2.34 bits per heavy atom. The molecule has 0 aromatic heterocycles. The predicted octanol–water partition coefficient (Wildman–Crippen LogP) is 5.10. The third-order valence-corrected chi connectivity index (χ3v) is 7.42. The van der Waals surface area contributed by atoms with Gasteiger partial charge >= 0.3 is 0 Å². The Kier molecular flexibility index (Phi) is 10.9. The Morgan fingerprint density at radius 1 is 1.11 bits per heavy atom. The Bertz CT molecular complexity index is 1160. The first-order valence-corrected chi connectivity index (χ1v) is 14.5. The monoisotopic (exact) mass is 605 g/mol. The molecule has 1 N–H and O–H groups in total. The minimum atomic E-state index is -3.80. The zero-order chi connectivity index (χ0) is 26.3. The zero-order valence-electron chi connectivity index (χ0n) is 20.1. The number of amides is 2. The van der Waals surface area contributed by atoms with Crippen LogP contribution >= 0.6 is 39.1 Å². The molecule has 7 nitrogen and oxygen atoms in total. The lowest BCUT2D eigenvalue weighted by molar-refractivity contribution is -0.140. The first kappa shape index (κ1) is 29.4. The molecule has 35 heavy (non-hydrogen) atoms. The van der Waals surface area contributed by atoms with Gasteiger partial charge in [0.15, 0.2) is 0 Å². The van der Waals surface area contributed by atoms with Crippen molar-refractivity contribution in [2.75, 3.05) is 23.7 Å². The van der Waals surface area contributed by atoms with E-state index in [1.807, 2.05) is 13.8 Å². The van der Waals surface area contributed by atoms with Gasteiger partial charge in [-0.15, -0.1) is 0 Å². The fourth-order valence-electron chi connectivity index (χ4n) is 3.42. The summed E-state index contributed by atoms with van der Waals surface area (Å²) in [6.07, 6.45) is 1.37. The van der Waals surface area contributed by atoms with Crippen LogP contribution in [-0.4, -0.2) is 50.5 Å². The SMILES string of the molecule is CCC(C(=O)NCC(C)C)N(Cc1ccc(Cl)cc1Cl)C(=O)CN(c1cccc(Br)c1)S(C)(=O)=O. The maximum absolute atomic E-state index is 13.6. The standard InChI is InChI=1S/C24H30BrCl2N3O4S/c1-5-22(24(32)28-13-16(2)3)29(14-17-9-10-19(26)12-21(17)27)23(31)15-30(35(4,33)34)20-8-6-7-18(25)11-20/h6-12,16,22H,5,13-15H2,1-4H3,(H,28,32). The molecule has 1 unspecified atom stereocenters. The fourth-order valence-corrected chi connectivity index (χ4v) is 5.12. The van der Waals surface area contributed by atoms with Crippen molar-refractivity contribution < 1.29 is 18.0 Å². The third-order valence-electron chi connectivity index (χ3n) is 5.20. The number of hydrogen-bond acceptors (Lipinski definition) is 4. The van der Waals surface area contributed by atoms with Crippen LogP contribution < -0.4 is 9.62 Å². The maximum Gasteiger partial charge on any atom is 0.244 e. The number of sulfonamides is 1. The number of rotatable bonds is 11. The summed E-state index contributed by atoms with van der Waals surface area (Å²) in [6, 6.07) is 10.7. The Hall–Kier alpha value is -1.81. The van der Waals surface area contributed by atoms with Crippen molar-refractivity contribution in [3.05, 3.63) is 62.5 Å². The van der Waals surface area contributed by atoms with E-state index < -0.39 is 28.5 Å². The molecule has 0 aliphatic rings. The van der Waals surface area contributed by atoms with Crippen molar-refractivity contribution in [3.8, 4) is 0 Å². The number of hydrogen-bond donors (Lipinski definition) is 1. The predicted molar refractivity (Wildman–Crippen MR) is 145 cm³/mol. The van der Waals surface area contributed by atoms with Gasteiger partial charge in [-0.05, 0) is 48.2 Å². The van der Waals surface area contributed by atoms with E-state index in [9.17, 15) is 18.0 Å². The smallest absolute Gasteiger partial charge is 0.244 e. The van der Waals surface area contributed by atoms with Gasteiger partial charge in [-0.1, -0.05) is 72.0 Å². The number of benzene rings is 2. The zero-order valence-corrected chi connectivity index (χ0v) is 24.0. The quantitative estimate of drug-likeness (QED) is 0.385. The number of carbonyl (C=O) groups excluding carboxylic acids is 2. The lowest BCUT2D eigenvalue weighted by Gasteiger charge is -2.33. The van der Waals surface area contributed by atoms with Crippen molar-refractivity contribution in [2.45, 2.75) is 39.8 Å². The fraction of sp³-hybridized carbons (Fsp3) is 0.417. The first-order valence-electron chi connectivity index (χ1n) is 11.1. The summed E-state index contributed by atoms with van der Waals surface area (Å²) in [6.45, 7) is 5.73. The van der Waals surface area contributed by atoms with Crippen LogP contribution in [0.5, 0.6) is 0 Å². The van der Waals surface area contributed by atoms with Crippen LogP contribution in [0, 0.1) is 5.92 Å². The van der Waals surface area contributed by atoms with Gasteiger partial charge in [-0.3, -0.25) is 13.9 Å². The lowest BCUT2D eigenvalue weighted by Crippen LogP contribution is -2.52. The van der Waals surface area contributed by atoms with E-state index in [1.165, 1.54) is 4.90 Å². The lowest BCUT2D eigenvalue weighted by atomic mass is 10.1. The van der Waals surface area contributed by atoms with Gasteiger partial charge in [0.05, 0.1) is 11.9 Å². The molecule has 11 heteroatoms. The molecule has 0 aliphatic heterocycles. The van der Waals surface area contributed by atoms with Crippen molar-refractivity contribution in [1.82, 2.24) is 10.2 Å². The highest BCUT2D eigenvalue weighted by molar-refractivity contribution is 9.10. The molecular weight excluding hydrogens is 577 g/mol. The van der Waals surface area contributed by atoms with Gasteiger partial charge in [0.25, 0.3) is 0 Å². The van der Waals surface area contributed by atoms with Gasteiger partial charge in [0.1, 0.15) is 12.6 Å². The molecule has 0 fully saturated rings. The molecule has 192 valence electrons. The van der Waals surface area contributed by atoms with Gasteiger partial charge in [0.2, 0.25) is 21.8 Å². The van der Waals surface area contributed by atoms with E-state index in [-0.39, 0.29) is 18.4 Å². The van der Waals surface area contributed by atoms with E-state index in [2.05, 4.69) is 21.2 Å². The average Bonchev–Trinajstić information content (AvgIpc) is 2.76. The molecule has 1 atom stereocenters. The molecule has 0 heterocycles. The van der Waals surface area contributed by atoms with Crippen LogP contribution in [0.4, 0.5) is 5.69 Å². The second-order valence-electron chi connectivity index (χ2n) is 8.57. The second-order valence-corrected chi connectivity index (χ2v) is 12.2. The van der Waals surface area contributed by atoms with Crippen LogP contribution in [0.2, 0.25) is 10.0 Å². The van der Waals surface area contributed by atoms with Crippen molar-refractivity contribution in [1.29, 1.82) is 0 Å². The molecule has 0 radical (unpaired) electrons. The first-order chi connectivity index (χ1) is 16.3. The van der Waals surface area contributed by atoms with Crippen molar-refractivity contribution >= 4 is 66.7 Å². The maximum atomic E-state index is 13.6. The van der Waals surface area contributed by atoms with Crippen molar-refractivity contribution in [2.24, 2.45) is 5.92 Å². The van der Waals surface area contributed by atoms with Crippen LogP contribution in [0.25, 0.3) is 0 Å². The summed E-state index contributed by atoms with van der Waals surface area (Å²) in [5, 5.41) is 3.66. The summed E-state index contributed by atoms with van der Waals surface area (Å²) >= 11 is 15.7.